The third-order valence-electron chi connectivity index (χ3n) is 3.57. The van der Waals surface area contributed by atoms with Gasteiger partial charge in [0.15, 0.2) is 5.78 Å². The molecule has 80 valence electrons. The minimum atomic E-state index is 0.296. The first-order valence-electron chi connectivity index (χ1n) is 5.97. The smallest absolute Gasteiger partial charge is 0.162 e. The summed E-state index contributed by atoms with van der Waals surface area (Å²) in [5.41, 5.74) is 2.60. The van der Waals surface area contributed by atoms with Crippen molar-refractivity contribution < 1.29 is 4.79 Å². The summed E-state index contributed by atoms with van der Waals surface area (Å²) in [6.45, 7) is 8.62. The fourth-order valence-corrected chi connectivity index (χ4v) is 2.91. The quantitative estimate of drug-likeness (QED) is 0.666. The van der Waals surface area contributed by atoms with Gasteiger partial charge in [0.25, 0.3) is 0 Å². The van der Waals surface area contributed by atoms with Crippen molar-refractivity contribution in [2.75, 3.05) is 0 Å². The van der Waals surface area contributed by atoms with Crippen LogP contribution in [-0.4, -0.2) is 5.78 Å². The lowest BCUT2D eigenvalue weighted by atomic mass is 9.86. The fourth-order valence-electron chi connectivity index (χ4n) is 2.91. The second-order valence-corrected chi connectivity index (χ2v) is 4.10. The van der Waals surface area contributed by atoms with Gasteiger partial charge >= 0.3 is 0 Å². The summed E-state index contributed by atoms with van der Waals surface area (Å²) in [5.74, 6) is 1.29. The average molecular weight is 194 g/mol. The minimum Gasteiger partial charge on any atom is -0.294 e. The maximum Gasteiger partial charge on any atom is 0.162 e. The molecule has 0 radical (unpaired) electrons. The molecule has 0 bridgehead atoms. The molecule has 1 aliphatic carbocycles. The van der Waals surface area contributed by atoms with Gasteiger partial charge in [-0.1, -0.05) is 33.3 Å². The lowest BCUT2D eigenvalue weighted by Gasteiger charge is -2.17. The molecule has 0 spiro atoms. The highest BCUT2D eigenvalue weighted by Gasteiger charge is 2.37. The second kappa shape index (κ2) is 4.77. The van der Waals surface area contributed by atoms with Gasteiger partial charge < -0.3 is 0 Å². The van der Waals surface area contributed by atoms with Gasteiger partial charge in [-0.2, -0.15) is 0 Å². The number of rotatable bonds is 4. The summed E-state index contributed by atoms with van der Waals surface area (Å²) in [4.78, 5) is 12.0. The van der Waals surface area contributed by atoms with Crippen LogP contribution in [0.1, 0.15) is 53.4 Å². The van der Waals surface area contributed by atoms with E-state index in [-0.39, 0.29) is 0 Å². The molecule has 0 saturated heterocycles. The van der Waals surface area contributed by atoms with Gasteiger partial charge in [-0.3, -0.25) is 4.79 Å². The van der Waals surface area contributed by atoms with Gasteiger partial charge in [-0.05, 0) is 37.2 Å². The largest absolute Gasteiger partial charge is 0.294 e. The van der Waals surface area contributed by atoms with Crippen molar-refractivity contribution >= 4 is 5.78 Å². The summed E-state index contributed by atoms with van der Waals surface area (Å²) in [5, 5.41) is 0. The maximum atomic E-state index is 12.0. The zero-order valence-electron chi connectivity index (χ0n) is 9.89. The fraction of sp³-hybridized carbons (Fsp3) is 0.769. The van der Waals surface area contributed by atoms with Crippen molar-refractivity contribution in [2.45, 2.75) is 53.4 Å². The molecule has 0 aromatic carbocycles. The first-order valence-corrected chi connectivity index (χ1v) is 5.97. The summed E-state index contributed by atoms with van der Waals surface area (Å²) in [7, 11) is 0. The Bertz CT molecular complexity index is 250. The van der Waals surface area contributed by atoms with Crippen LogP contribution < -0.4 is 0 Å². The van der Waals surface area contributed by atoms with E-state index in [0.717, 1.165) is 31.3 Å². The van der Waals surface area contributed by atoms with Crippen molar-refractivity contribution in [3.05, 3.63) is 11.1 Å². The van der Waals surface area contributed by atoms with E-state index in [1.807, 2.05) is 0 Å². The maximum absolute atomic E-state index is 12.0. The molecule has 0 fully saturated rings. The predicted molar refractivity (Wildman–Crippen MR) is 60.2 cm³/mol. The highest BCUT2D eigenvalue weighted by atomic mass is 16.1. The number of carbonyl (C=O) groups is 1. The summed E-state index contributed by atoms with van der Waals surface area (Å²) in [6.07, 6.45) is 4.11. The number of hydrogen-bond acceptors (Lipinski definition) is 1. The van der Waals surface area contributed by atoms with Gasteiger partial charge in [0.1, 0.15) is 0 Å². The van der Waals surface area contributed by atoms with Gasteiger partial charge in [0.2, 0.25) is 0 Å². The Morgan fingerprint density at radius 2 is 1.50 bits per heavy atom. The molecule has 0 N–H and O–H groups in total. The highest BCUT2D eigenvalue weighted by molar-refractivity contribution is 6.01. The van der Waals surface area contributed by atoms with Crippen molar-refractivity contribution in [1.82, 2.24) is 0 Å². The summed E-state index contributed by atoms with van der Waals surface area (Å²) in [6, 6.07) is 0. The molecule has 0 heterocycles. The van der Waals surface area contributed by atoms with Gasteiger partial charge in [-0.25, -0.2) is 0 Å². The van der Waals surface area contributed by atoms with Crippen LogP contribution in [0.3, 0.4) is 0 Å². The van der Waals surface area contributed by atoms with Crippen LogP contribution in [0.5, 0.6) is 0 Å². The molecule has 0 aromatic rings. The van der Waals surface area contributed by atoms with Crippen LogP contribution in [0.4, 0.5) is 0 Å². The van der Waals surface area contributed by atoms with E-state index in [9.17, 15) is 4.79 Å². The van der Waals surface area contributed by atoms with Crippen molar-refractivity contribution in [2.24, 2.45) is 11.8 Å². The monoisotopic (exact) mass is 194 g/mol. The number of Topliss-reactive ketones (excluding diaryl/α,β-unsaturated/α-hetero) is 1. The molecule has 2 atom stereocenters. The van der Waals surface area contributed by atoms with Crippen LogP contribution in [-0.2, 0) is 4.79 Å². The Morgan fingerprint density at radius 1 is 0.929 bits per heavy atom. The lowest BCUT2D eigenvalue weighted by Crippen LogP contribution is -2.16. The van der Waals surface area contributed by atoms with Crippen LogP contribution in [0, 0.1) is 11.8 Å². The Balaban J connectivity index is 3.03. The standard InChI is InChI=1S/C13H22O/c1-5-9-10(6-2)12(8-4)13(14)11(9)7-3/h9,11H,5-8H2,1-4H3/t9-,11+/m0/s1. The van der Waals surface area contributed by atoms with Gasteiger partial charge in [0, 0.05) is 5.92 Å². The van der Waals surface area contributed by atoms with E-state index >= 15 is 0 Å². The molecular weight excluding hydrogens is 172 g/mol. The first kappa shape index (κ1) is 11.5. The van der Waals surface area contributed by atoms with E-state index in [2.05, 4.69) is 27.7 Å². The Labute approximate surface area is 87.6 Å². The van der Waals surface area contributed by atoms with Crippen molar-refractivity contribution in [3.8, 4) is 0 Å². The van der Waals surface area contributed by atoms with E-state index in [0.29, 0.717) is 17.6 Å². The third-order valence-corrected chi connectivity index (χ3v) is 3.57. The number of hydrogen-bond donors (Lipinski definition) is 0. The van der Waals surface area contributed by atoms with E-state index in [4.69, 9.17) is 0 Å². The van der Waals surface area contributed by atoms with E-state index in [1.54, 1.807) is 0 Å². The SMILES string of the molecule is CCC1=C(CC)[C@H](CC)[C@@H](CC)C1=O. The highest BCUT2D eigenvalue weighted by Crippen LogP contribution is 2.40. The van der Waals surface area contributed by atoms with Crippen LogP contribution in [0.2, 0.25) is 0 Å². The molecule has 1 nitrogen and oxygen atoms in total. The molecule has 0 aromatic heterocycles. The molecular formula is C13H22O. The van der Waals surface area contributed by atoms with E-state index < -0.39 is 0 Å². The molecule has 0 amide bonds. The molecule has 1 heteroatoms. The van der Waals surface area contributed by atoms with Crippen LogP contribution in [0.25, 0.3) is 0 Å². The normalized spacial score (nSPS) is 27.6. The van der Waals surface area contributed by atoms with Crippen LogP contribution >= 0.6 is 0 Å². The number of allylic oxidation sites excluding steroid dienone is 2. The third kappa shape index (κ3) is 1.65. The number of carbonyl (C=O) groups excluding carboxylic acids is 1. The van der Waals surface area contributed by atoms with E-state index in [1.165, 1.54) is 5.57 Å². The van der Waals surface area contributed by atoms with Crippen molar-refractivity contribution in [1.29, 1.82) is 0 Å². The molecule has 0 aliphatic heterocycles. The zero-order chi connectivity index (χ0) is 10.7. The predicted octanol–water partition coefficient (Wildman–Crippen LogP) is 3.74. The molecule has 0 unspecified atom stereocenters. The van der Waals surface area contributed by atoms with Gasteiger partial charge in [-0.15, -0.1) is 0 Å². The molecule has 1 rings (SSSR count). The van der Waals surface area contributed by atoms with Crippen LogP contribution in [0.15, 0.2) is 11.1 Å². The zero-order valence-corrected chi connectivity index (χ0v) is 9.89. The Hall–Kier alpha value is -0.590. The number of ketones is 1. The summed E-state index contributed by atoms with van der Waals surface area (Å²) >= 11 is 0. The lowest BCUT2D eigenvalue weighted by molar-refractivity contribution is -0.119. The van der Waals surface area contributed by atoms with Crippen molar-refractivity contribution in [3.63, 3.8) is 0 Å². The van der Waals surface area contributed by atoms with Gasteiger partial charge in [0.05, 0.1) is 0 Å². The first-order chi connectivity index (χ1) is 6.71. The minimum absolute atomic E-state index is 0.296. The Morgan fingerprint density at radius 3 is 1.86 bits per heavy atom. The summed E-state index contributed by atoms with van der Waals surface area (Å²) < 4.78 is 0. The molecule has 0 saturated carbocycles. The Kier molecular flexibility index (Phi) is 3.91. The molecule has 14 heavy (non-hydrogen) atoms. The molecule has 1 aliphatic rings. The average Bonchev–Trinajstić information content (AvgIpc) is 2.48. The second-order valence-electron chi connectivity index (χ2n) is 4.10. The topological polar surface area (TPSA) is 17.1 Å².